The molecule has 0 aromatic rings. The van der Waals surface area contributed by atoms with Crippen LogP contribution in [0.3, 0.4) is 0 Å². The van der Waals surface area contributed by atoms with Crippen molar-refractivity contribution in [3.8, 4) is 0 Å². The largest absolute Gasteiger partial charge is 0.388 e. The van der Waals surface area contributed by atoms with Crippen molar-refractivity contribution in [2.45, 2.75) is 30.4 Å². The molecule has 3 atom stereocenters. The Morgan fingerprint density at radius 3 is 2.60 bits per heavy atom. The molecule has 0 aromatic heterocycles. The van der Waals surface area contributed by atoms with Gasteiger partial charge in [-0.15, -0.1) is 12.6 Å². The molecule has 10 heavy (non-hydrogen) atoms. The van der Waals surface area contributed by atoms with Crippen molar-refractivity contribution in [1.82, 2.24) is 5.32 Å². The normalized spacial score (nSPS) is 32.1. The standard InChI is InChI=1S/C6H13NO2S/c8-5(6(9)10)4-2-1-3-7-4/h4-10H,1-3H2. The number of aliphatic hydroxyl groups excluding tert-OH is 2. The zero-order chi connectivity index (χ0) is 7.56. The van der Waals surface area contributed by atoms with Crippen LogP contribution in [0.2, 0.25) is 0 Å². The lowest BCUT2D eigenvalue weighted by Gasteiger charge is -2.19. The van der Waals surface area contributed by atoms with Crippen LogP contribution in [-0.4, -0.2) is 34.3 Å². The number of thiol groups is 1. The molecule has 0 saturated carbocycles. The van der Waals surface area contributed by atoms with Crippen LogP contribution >= 0.6 is 12.6 Å². The predicted octanol–water partition coefficient (Wildman–Crippen LogP) is -0.653. The summed E-state index contributed by atoms with van der Waals surface area (Å²) in [4.78, 5) is 0. The van der Waals surface area contributed by atoms with Gasteiger partial charge in [0.15, 0.2) is 0 Å². The molecule has 0 spiro atoms. The Kier molecular flexibility index (Phi) is 2.97. The van der Waals surface area contributed by atoms with Crippen molar-refractivity contribution in [2.75, 3.05) is 6.54 Å². The lowest BCUT2D eigenvalue weighted by molar-refractivity contribution is 0.0500. The predicted molar refractivity (Wildman–Crippen MR) is 42.0 cm³/mol. The summed E-state index contributed by atoms with van der Waals surface area (Å²) in [5.74, 6) is 0. The second-order valence-corrected chi connectivity index (χ2v) is 3.14. The van der Waals surface area contributed by atoms with E-state index in [0.717, 1.165) is 19.4 Å². The SMILES string of the molecule is OC(S)C(O)C1CCCN1. The van der Waals surface area contributed by atoms with Crippen molar-refractivity contribution in [1.29, 1.82) is 0 Å². The summed E-state index contributed by atoms with van der Waals surface area (Å²) >= 11 is 3.73. The number of hydrogen-bond donors (Lipinski definition) is 4. The van der Waals surface area contributed by atoms with E-state index in [9.17, 15) is 5.11 Å². The van der Waals surface area contributed by atoms with Gasteiger partial charge in [-0.1, -0.05) is 0 Å². The maximum atomic E-state index is 9.24. The molecule has 1 fully saturated rings. The van der Waals surface area contributed by atoms with Gasteiger partial charge in [-0.3, -0.25) is 0 Å². The van der Waals surface area contributed by atoms with Crippen LogP contribution in [0.5, 0.6) is 0 Å². The Bertz CT molecular complexity index is 104. The Labute approximate surface area is 65.9 Å². The fourth-order valence-electron chi connectivity index (χ4n) is 1.21. The van der Waals surface area contributed by atoms with Crippen molar-refractivity contribution in [3.63, 3.8) is 0 Å². The molecule has 4 heteroatoms. The van der Waals surface area contributed by atoms with E-state index >= 15 is 0 Å². The van der Waals surface area contributed by atoms with E-state index < -0.39 is 11.5 Å². The third-order valence-electron chi connectivity index (χ3n) is 1.82. The van der Waals surface area contributed by atoms with Gasteiger partial charge >= 0.3 is 0 Å². The molecular weight excluding hydrogens is 150 g/mol. The topological polar surface area (TPSA) is 52.5 Å². The molecule has 3 N–H and O–H groups in total. The quantitative estimate of drug-likeness (QED) is 0.323. The highest BCUT2D eigenvalue weighted by atomic mass is 32.1. The molecule has 1 aliphatic rings. The summed E-state index contributed by atoms with van der Waals surface area (Å²) < 4.78 is 0. The van der Waals surface area contributed by atoms with Gasteiger partial charge in [0.2, 0.25) is 0 Å². The minimum absolute atomic E-state index is 0.0347. The third-order valence-corrected chi connectivity index (χ3v) is 2.12. The zero-order valence-corrected chi connectivity index (χ0v) is 6.59. The van der Waals surface area contributed by atoms with Crippen LogP contribution < -0.4 is 5.32 Å². The molecule has 1 saturated heterocycles. The van der Waals surface area contributed by atoms with Crippen LogP contribution in [0.25, 0.3) is 0 Å². The summed E-state index contributed by atoms with van der Waals surface area (Å²) in [6, 6.07) is 0.0347. The fraction of sp³-hybridized carbons (Fsp3) is 1.00. The summed E-state index contributed by atoms with van der Waals surface area (Å²) in [6.45, 7) is 0.933. The first kappa shape index (κ1) is 8.33. The maximum absolute atomic E-state index is 9.24. The summed E-state index contributed by atoms with van der Waals surface area (Å²) in [7, 11) is 0. The minimum Gasteiger partial charge on any atom is -0.388 e. The van der Waals surface area contributed by atoms with Gasteiger partial charge in [0.1, 0.15) is 11.5 Å². The van der Waals surface area contributed by atoms with E-state index in [-0.39, 0.29) is 6.04 Å². The van der Waals surface area contributed by atoms with Gasteiger partial charge in [0.05, 0.1) is 0 Å². The van der Waals surface area contributed by atoms with Crippen LogP contribution in [0, 0.1) is 0 Å². The average molecular weight is 163 g/mol. The van der Waals surface area contributed by atoms with Crippen LogP contribution in [0.1, 0.15) is 12.8 Å². The zero-order valence-electron chi connectivity index (χ0n) is 5.70. The Morgan fingerprint density at radius 1 is 1.50 bits per heavy atom. The number of nitrogens with one attached hydrogen (secondary N) is 1. The van der Waals surface area contributed by atoms with Gasteiger partial charge in [-0.2, -0.15) is 0 Å². The van der Waals surface area contributed by atoms with Gasteiger partial charge < -0.3 is 15.5 Å². The second-order valence-electron chi connectivity index (χ2n) is 2.61. The summed E-state index contributed by atoms with van der Waals surface area (Å²) in [5.41, 5.74) is -0.921. The average Bonchev–Trinajstić information content (AvgIpc) is 2.36. The lowest BCUT2D eigenvalue weighted by atomic mass is 10.1. The highest BCUT2D eigenvalue weighted by Crippen LogP contribution is 2.13. The molecule has 1 rings (SSSR count). The van der Waals surface area contributed by atoms with Crippen LogP contribution in [0.15, 0.2) is 0 Å². The first-order chi connectivity index (χ1) is 4.72. The van der Waals surface area contributed by atoms with E-state index in [1.807, 2.05) is 0 Å². The van der Waals surface area contributed by atoms with E-state index in [1.54, 1.807) is 0 Å². The first-order valence-corrected chi connectivity index (χ1v) is 4.01. The summed E-state index contributed by atoms with van der Waals surface area (Å²) in [5, 5.41) is 21.2. The molecule has 1 heterocycles. The molecule has 60 valence electrons. The highest BCUT2D eigenvalue weighted by Gasteiger charge is 2.26. The molecule has 0 radical (unpaired) electrons. The van der Waals surface area contributed by atoms with Gasteiger partial charge in [-0.25, -0.2) is 0 Å². The minimum atomic E-state index is -0.921. The van der Waals surface area contributed by atoms with E-state index in [2.05, 4.69) is 17.9 Å². The van der Waals surface area contributed by atoms with Crippen molar-refractivity contribution in [3.05, 3.63) is 0 Å². The maximum Gasteiger partial charge on any atom is 0.124 e. The molecule has 0 aromatic carbocycles. The molecule has 0 aliphatic carbocycles. The Morgan fingerprint density at radius 2 is 2.20 bits per heavy atom. The number of rotatable bonds is 2. The molecular formula is C6H13NO2S. The van der Waals surface area contributed by atoms with E-state index in [4.69, 9.17) is 5.11 Å². The Hall–Kier alpha value is 0.230. The lowest BCUT2D eigenvalue weighted by Crippen LogP contribution is -2.40. The van der Waals surface area contributed by atoms with Crippen molar-refractivity contribution >= 4 is 12.6 Å². The van der Waals surface area contributed by atoms with Crippen LogP contribution in [-0.2, 0) is 0 Å². The van der Waals surface area contributed by atoms with Gasteiger partial charge in [-0.05, 0) is 19.4 Å². The molecule has 3 nitrogen and oxygen atoms in total. The smallest absolute Gasteiger partial charge is 0.124 e. The summed E-state index contributed by atoms with van der Waals surface area (Å²) in [6.07, 6.45) is 1.27. The third kappa shape index (κ3) is 1.85. The number of hydrogen-bond acceptors (Lipinski definition) is 4. The first-order valence-electron chi connectivity index (χ1n) is 3.49. The van der Waals surface area contributed by atoms with E-state index in [1.165, 1.54) is 0 Å². The van der Waals surface area contributed by atoms with Crippen molar-refractivity contribution < 1.29 is 10.2 Å². The van der Waals surface area contributed by atoms with Gasteiger partial charge in [0, 0.05) is 6.04 Å². The molecule has 1 aliphatic heterocycles. The monoisotopic (exact) mass is 163 g/mol. The highest BCUT2D eigenvalue weighted by molar-refractivity contribution is 7.80. The molecule has 3 unspecified atom stereocenters. The van der Waals surface area contributed by atoms with E-state index in [0.29, 0.717) is 0 Å². The Balaban J connectivity index is 2.32. The fourth-order valence-corrected chi connectivity index (χ4v) is 1.42. The second kappa shape index (κ2) is 3.57. The van der Waals surface area contributed by atoms with Gasteiger partial charge in [0.25, 0.3) is 0 Å². The molecule has 0 bridgehead atoms. The molecule has 0 amide bonds. The van der Waals surface area contributed by atoms with Crippen LogP contribution in [0.4, 0.5) is 0 Å². The van der Waals surface area contributed by atoms with Crippen molar-refractivity contribution in [2.24, 2.45) is 0 Å². The number of aliphatic hydroxyl groups is 2.